The minimum absolute atomic E-state index is 0.0703. The van der Waals surface area contributed by atoms with Crippen LogP contribution in [0.1, 0.15) is 32.4 Å². The second-order valence-electron chi connectivity index (χ2n) is 8.04. The van der Waals surface area contributed by atoms with Crippen LogP contribution in [0.5, 0.6) is 0 Å². The normalized spacial score (nSPS) is 30.1. The van der Waals surface area contributed by atoms with Crippen molar-refractivity contribution in [3.8, 4) is 0 Å². The van der Waals surface area contributed by atoms with E-state index in [-0.39, 0.29) is 35.4 Å². The van der Waals surface area contributed by atoms with Crippen LogP contribution >= 0.6 is 0 Å². The Hall–Kier alpha value is -1.43. The maximum atomic E-state index is 11.7. The van der Waals surface area contributed by atoms with Gasteiger partial charge in [0, 0.05) is 6.08 Å². The topological polar surface area (TPSA) is 44.8 Å². The highest BCUT2D eigenvalue weighted by Gasteiger charge is 2.52. The van der Waals surface area contributed by atoms with Gasteiger partial charge in [-0.1, -0.05) is 51.1 Å². The van der Waals surface area contributed by atoms with Gasteiger partial charge in [0.15, 0.2) is 14.4 Å². The van der Waals surface area contributed by atoms with E-state index in [9.17, 15) is 4.79 Å². The first-order valence-corrected chi connectivity index (χ1v) is 11.4. The molecule has 0 spiro atoms. The van der Waals surface area contributed by atoms with Gasteiger partial charge in [-0.15, -0.1) is 0 Å². The fraction of sp³-hybridized carbons (Fsp3) is 0.526. The fourth-order valence-electron chi connectivity index (χ4n) is 2.88. The molecule has 5 heteroatoms. The van der Waals surface area contributed by atoms with Crippen molar-refractivity contribution < 1.29 is 18.7 Å². The second-order valence-corrected chi connectivity index (χ2v) is 12.8. The van der Waals surface area contributed by atoms with Crippen LogP contribution in [0.2, 0.25) is 18.1 Å². The van der Waals surface area contributed by atoms with Crippen molar-refractivity contribution in [3.63, 3.8) is 0 Å². The molecular weight excluding hydrogens is 320 g/mol. The Morgan fingerprint density at radius 3 is 2.42 bits per heavy atom. The van der Waals surface area contributed by atoms with E-state index in [4.69, 9.17) is 13.9 Å². The van der Waals surface area contributed by atoms with Gasteiger partial charge in [-0.2, -0.15) is 0 Å². The summed E-state index contributed by atoms with van der Waals surface area (Å²) in [5.41, 5.74) is 1.06. The van der Waals surface area contributed by atoms with Crippen molar-refractivity contribution in [1.82, 2.24) is 0 Å². The van der Waals surface area contributed by atoms with Crippen LogP contribution in [0.4, 0.5) is 0 Å². The third-order valence-corrected chi connectivity index (χ3v) is 9.76. The molecule has 0 radical (unpaired) electrons. The molecule has 4 atom stereocenters. The van der Waals surface area contributed by atoms with Gasteiger partial charge in [0.2, 0.25) is 0 Å². The summed E-state index contributed by atoms with van der Waals surface area (Å²) >= 11 is 0. The van der Waals surface area contributed by atoms with Crippen LogP contribution in [-0.4, -0.2) is 32.6 Å². The lowest BCUT2D eigenvalue weighted by Gasteiger charge is -2.40. The number of ether oxygens (including phenoxy) is 2. The van der Waals surface area contributed by atoms with Crippen LogP contribution in [-0.2, 0) is 18.7 Å². The van der Waals surface area contributed by atoms with Gasteiger partial charge in [0.05, 0.1) is 0 Å². The maximum absolute atomic E-state index is 11.7. The van der Waals surface area contributed by atoms with Crippen molar-refractivity contribution in [2.24, 2.45) is 0 Å². The Balaban J connectivity index is 1.94. The molecule has 0 aromatic heterocycles. The van der Waals surface area contributed by atoms with Gasteiger partial charge in [0.25, 0.3) is 0 Å². The van der Waals surface area contributed by atoms with Gasteiger partial charge in [0.1, 0.15) is 18.3 Å². The zero-order chi connectivity index (χ0) is 17.5. The Morgan fingerprint density at radius 2 is 1.79 bits per heavy atom. The van der Waals surface area contributed by atoms with Gasteiger partial charge < -0.3 is 13.9 Å². The molecule has 2 heterocycles. The van der Waals surface area contributed by atoms with Crippen LogP contribution in [0.25, 0.3) is 0 Å². The van der Waals surface area contributed by atoms with Crippen LogP contribution < -0.4 is 0 Å². The number of carbonyl (C=O) groups is 1. The Morgan fingerprint density at radius 1 is 1.12 bits per heavy atom. The zero-order valence-corrected chi connectivity index (χ0v) is 16.0. The summed E-state index contributed by atoms with van der Waals surface area (Å²) in [5, 5.41) is 0.0703. The molecule has 3 rings (SSSR count). The minimum Gasteiger partial charge on any atom is -0.453 e. The van der Waals surface area contributed by atoms with Crippen molar-refractivity contribution in [2.45, 2.75) is 63.3 Å². The number of esters is 1. The zero-order valence-electron chi connectivity index (χ0n) is 15.0. The Labute approximate surface area is 144 Å². The van der Waals surface area contributed by atoms with Gasteiger partial charge in [-0.05, 0) is 29.8 Å². The van der Waals surface area contributed by atoms with E-state index in [1.54, 1.807) is 6.08 Å². The Bertz CT molecular complexity index is 633. The average molecular weight is 346 g/mol. The summed E-state index contributed by atoms with van der Waals surface area (Å²) in [6, 6.07) is 10.0. The van der Waals surface area contributed by atoms with Crippen molar-refractivity contribution in [1.29, 1.82) is 0 Å². The summed E-state index contributed by atoms with van der Waals surface area (Å²) in [5.74, 6) is -0.322. The summed E-state index contributed by atoms with van der Waals surface area (Å²) < 4.78 is 18.4. The number of hydrogen-bond acceptors (Lipinski definition) is 4. The Kier molecular flexibility index (Phi) is 4.44. The number of carbonyl (C=O) groups excluding carboxylic acids is 1. The van der Waals surface area contributed by atoms with Crippen LogP contribution in [0, 0.1) is 0 Å². The molecule has 130 valence electrons. The molecule has 0 amide bonds. The molecule has 0 N–H and O–H groups in total. The first kappa shape index (κ1) is 17.4. The third-order valence-electron chi connectivity index (χ3n) is 5.29. The van der Waals surface area contributed by atoms with Gasteiger partial charge in [-0.25, -0.2) is 4.79 Å². The lowest BCUT2D eigenvalue weighted by molar-refractivity contribution is -0.149. The predicted molar refractivity (Wildman–Crippen MR) is 95.1 cm³/mol. The first-order valence-electron chi connectivity index (χ1n) is 8.46. The first-order chi connectivity index (χ1) is 11.2. The highest BCUT2D eigenvalue weighted by molar-refractivity contribution is 6.74. The lowest BCUT2D eigenvalue weighted by Crippen LogP contribution is -2.49. The van der Waals surface area contributed by atoms with E-state index in [2.05, 4.69) is 33.9 Å². The SMILES string of the molecule is CC(C)(C)[Si](C)(C)O[C@@H]1[C@@H]2OC(=O)C=C[C@@H]2O[C@H]1c1ccccc1. The smallest absolute Gasteiger partial charge is 0.330 e. The molecule has 24 heavy (non-hydrogen) atoms. The fourth-order valence-corrected chi connectivity index (χ4v) is 4.17. The molecular formula is C19H26O4Si. The third kappa shape index (κ3) is 3.21. The maximum Gasteiger partial charge on any atom is 0.330 e. The number of rotatable bonds is 3. The van der Waals surface area contributed by atoms with E-state index in [1.807, 2.05) is 30.3 Å². The van der Waals surface area contributed by atoms with Gasteiger partial charge in [-0.3, -0.25) is 0 Å². The van der Waals surface area contributed by atoms with Gasteiger partial charge >= 0.3 is 5.97 Å². The molecule has 0 bridgehead atoms. The second kappa shape index (κ2) is 6.13. The number of benzene rings is 1. The molecule has 0 unspecified atom stereocenters. The molecule has 1 fully saturated rings. The van der Waals surface area contributed by atoms with Crippen molar-refractivity contribution in [2.75, 3.05) is 0 Å². The summed E-state index contributed by atoms with van der Waals surface area (Å²) in [7, 11) is -2.04. The minimum atomic E-state index is -2.04. The standard InChI is InChI=1S/C19H26O4Si/c1-19(2,3)24(4,5)23-18-16(13-9-7-6-8-10-13)21-14-11-12-15(20)22-17(14)18/h6-12,14,16-18H,1-5H3/t14-,16-,17+,18-/m0/s1. The molecule has 4 nitrogen and oxygen atoms in total. The predicted octanol–water partition coefficient (Wildman–Crippen LogP) is 4.00. The van der Waals surface area contributed by atoms with E-state index >= 15 is 0 Å². The van der Waals surface area contributed by atoms with E-state index in [0.717, 1.165) is 5.56 Å². The quantitative estimate of drug-likeness (QED) is 0.613. The van der Waals surface area contributed by atoms with Crippen LogP contribution in [0.15, 0.2) is 42.5 Å². The molecule has 2 aliphatic heterocycles. The number of hydrogen-bond donors (Lipinski definition) is 0. The monoisotopic (exact) mass is 346 g/mol. The van der Waals surface area contributed by atoms with E-state index in [0.29, 0.717) is 0 Å². The number of fused-ring (bicyclic) bond motifs is 1. The molecule has 1 aromatic carbocycles. The highest BCUT2D eigenvalue weighted by Crippen LogP contribution is 2.44. The molecule has 0 aliphatic carbocycles. The summed E-state index contributed by atoms with van der Waals surface area (Å²) in [4.78, 5) is 11.7. The largest absolute Gasteiger partial charge is 0.453 e. The summed E-state index contributed by atoms with van der Waals surface area (Å²) in [6.45, 7) is 11.0. The molecule has 0 saturated carbocycles. The van der Waals surface area contributed by atoms with Crippen molar-refractivity contribution >= 4 is 14.3 Å². The van der Waals surface area contributed by atoms with E-state index in [1.165, 1.54) is 6.08 Å². The van der Waals surface area contributed by atoms with E-state index < -0.39 is 8.32 Å². The van der Waals surface area contributed by atoms with Crippen molar-refractivity contribution in [3.05, 3.63) is 48.0 Å². The molecule has 2 aliphatic rings. The molecule has 1 saturated heterocycles. The lowest BCUT2D eigenvalue weighted by atomic mass is 10.0. The van der Waals surface area contributed by atoms with Crippen LogP contribution in [0.3, 0.4) is 0 Å². The molecule has 1 aromatic rings. The highest BCUT2D eigenvalue weighted by atomic mass is 28.4. The average Bonchev–Trinajstić information content (AvgIpc) is 2.85. The summed E-state index contributed by atoms with van der Waals surface area (Å²) in [6.07, 6.45) is 2.09.